The first-order valence-corrected chi connectivity index (χ1v) is 10.3. The first kappa shape index (κ1) is 22.6. The van der Waals surface area contributed by atoms with Gasteiger partial charge >= 0.3 is 5.97 Å². The highest BCUT2D eigenvalue weighted by molar-refractivity contribution is 7.80. The van der Waals surface area contributed by atoms with Gasteiger partial charge in [-0.15, -0.1) is 0 Å². The molecule has 0 saturated heterocycles. The Kier molecular flexibility index (Phi) is 19.2. The third-order valence-electron chi connectivity index (χ3n) is 3.99. The Balaban J connectivity index is 3.14. The summed E-state index contributed by atoms with van der Waals surface area (Å²) in [6, 6.07) is 0. The minimum absolute atomic E-state index is 0.0903. The standard InChI is InChI=1S/C20H37O2S/c1-2-3-4-5-6-7-8-9-10-11-12-13-14-15-16-17-20(21)22-18-19-23/h9-10H,2-8,11-19H2,1H3/b10-9+. The molecule has 0 bridgehead atoms. The van der Waals surface area contributed by atoms with E-state index in [-0.39, 0.29) is 5.97 Å². The molecule has 2 nitrogen and oxygen atoms in total. The number of carbonyl (C=O) groups excluding carboxylic acids is 1. The molecule has 0 N–H and O–H groups in total. The van der Waals surface area contributed by atoms with Crippen LogP contribution in [0.2, 0.25) is 0 Å². The zero-order valence-corrected chi connectivity index (χ0v) is 16.0. The van der Waals surface area contributed by atoms with Crippen molar-refractivity contribution in [3.8, 4) is 0 Å². The lowest BCUT2D eigenvalue weighted by molar-refractivity contribution is -0.143. The summed E-state index contributed by atoms with van der Waals surface area (Å²) in [7, 11) is 0. The number of esters is 1. The first-order valence-electron chi connectivity index (χ1n) is 9.70. The Morgan fingerprint density at radius 3 is 1.91 bits per heavy atom. The predicted molar refractivity (Wildman–Crippen MR) is 103 cm³/mol. The van der Waals surface area contributed by atoms with E-state index in [0.29, 0.717) is 18.8 Å². The van der Waals surface area contributed by atoms with Gasteiger partial charge in [-0.1, -0.05) is 83.1 Å². The molecule has 0 aromatic heterocycles. The van der Waals surface area contributed by atoms with E-state index in [2.05, 4.69) is 19.1 Å². The fourth-order valence-corrected chi connectivity index (χ4v) is 2.65. The van der Waals surface area contributed by atoms with Gasteiger partial charge in [0.1, 0.15) is 6.61 Å². The maximum Gasteiger partial charge on any atom is 0.305 e. The average molecular weight is 342 g/mol. The number of allylic oxidation sites excluding steroid dienone is 2. The molecule has 0 aromatic carbocycles. The van der Waals surface area contributed by atoms with Gasteiger partial charge in [0.25, 0.3) is 0 Å². The maximum absolute atomic E-state index is 11.3. The van der Waals surface area contributed by atoms with Crippen LogP contribution in [-0.2, 0) is 9.53 Å². The molecule has 0 aliphatic rings. The van der Waals surface area contributed by atoms with Crippen LogP contribution in [0, 0.1) is 0 Å². The molecule has 0 saturated carbocycles. The third kappa shape index (κ3) is 19.5. The predicted octanol–water partition coefficient (Wildman–Crippen LogP) is 6.76. The van der Waals surface area contributed by atoms with Gasteiger partial charge in [-0.25, -0.2) is 0 Å². The van der Waals surface area contributed by atoms with E-state index in [9.17, 15) is 4.79 Å². The lowest BCUT2D eigenvalue weighted by Crippen LogP contribution is -2.06. The van der Waals surface area contributed by atoms with Crippen molar-refractivity contribution in [1.29, 1.82) is 0 Å². The molecule has 0 amide bonds. The third-order valence-corrected chi connectivity index (χ3v) is 4.16. The second kappa shape index (κ2) is 19.6. The van der Waals surface area contributed by atoms with Crippen LogP contribution in [0.4, 0.5) is 0 Å². The van der Waals surface area contributed by atoms with E-state index in [0.717, 1.165) is 12.8 Å². The Bertz CT molecular complexity index is 277. The molecule has 135 valence electrons. The van der Waals surface area contributed by atoms with Gasteiger partial charge in [0, 0.05) is 12.2 Å². The second-order valence-corrected chi connectivity index (χ2v) is 6.67. The highest BCUT2D eigenvalue weighted by Gasteiger charge is 2.01. The van der Waals surface area contributed by atoms with E-state index in [1.807, 2.05) is 0 Å². The molecule has 23 heavy (non-hydrogen) atoms. The summed E-state index contributed by atoms with van der Waals surface area (Å²) < 4.78 is 4.96. The summed E-state index contributed by atoms with van der Waals surface area (Å²) in [4.78, 5) is 11.3. The molecule has 3 heteroatoms. The van der Waals surface area contributed by atoms with Crippen LogP contribution in [0.3, 0.4) is 0 Å². The molecule has 0 rings (SSSR count). The van der Waals surface area contributed by atoms with Crippen LogP contribution in [0.15, 0.2) is 12.2 Å². The maximum atomic E-state index is 11.3. The van der Waals surface area contributed by atoms with E-state index in [1.165, 1.54) is 70.6 Å². The number of rotatable bonds is 17. The van der Waals surface area contributed by atoms with Crippen molar-refractivity contribution in [2.75, 3.05) is 12.4 Å². The smallest absolute Gasteiger partial charge is 0.305 e. The van der Waals surface area contributed by atoms with E-state index in [1.54, 1.807) is 0 Å². The molecule has 0 heterocycles. The number of hydrogen-bond acceptors (Lipinski definition) is 2. The topological polar surface area (TPSA) is 26.3 Å². The van der Waals surface area contributed by atoms with Gasteiger partial charge in [0.15, 0.2) is 0 Å². The van der Waals surface area contributed by atoms with Crippen LogP contribution in [-0.4, -0.2) is 18.3 Å². The summed E-state index contributed by atoms with van der Waals surface area (Å²) in [6.45, 7) is 2.65. The van der Waals surface area contributed by atoms with Gasteiger partial charge in [0.2, 0.25) is 0 Å². The number of carbonyl (C=O) groups is 1. The largest absolute Gasteiger partial charge is 0.465 e. The van der Waals surface area contributed by atoms with Crippen molar-refractivity contribution in [2.24, 2.45) is 0 Å². The molecule has 0 atom stereocenters. The SMILES string of the molecule is CCCCCCCC/C=C/CCCCCCCC(=O)OCC[S]. The monoisotopic (exact) mass is 341 g/mol. The fourth-order valence-electron chi connectivity index (χ4n) is 2.57. The molecule has 0 unspecified atom stereocenters. The fraction of sp³-hybridized carbons (Fsp3) is 0.850. The van der Waals surface area contributed by atoms with Crippen LogP contribution in [0.1, 0.15) is 96.8 Å². The molecule has 1 radical (unpaired) electrons. The summed E-state index contributed by atoms with van der Waals surface area (Å²) in [5.74, 6) is 0.408. The number of unbranched alkanes of at least 4 members (excludes halogenated alkanes) is 11. The molecule has 0 aliphatic heterocycles. The molecule has 0 spiro atoms. The van der Waals surface area contributed by atoms with Crippen molar-refractivity contribution in [1.82, 2.24) is 0 Å². The van der Waals surface area contributed by atoms with Crippen LogP contribution in [0.5, 0.6) is 0 Å². The zero-order chi connectivity index (χ0) is 17.0. The van der Waals surface area contributed by atoms with Crippen molar-refractivity contribution >= 4 is 18.6 Å². The minimum Gasteiger partial charge on any atom is -0.465 e. The number of hydrogen-bond donors (Lipinski definition) is 0. The van der Waals surface area contributed by atoms with Gasteiger partial charge in [-0.05, 0) is 32.1 Å². The van der Waals surface area contributed by atoms with E-state index < -0.39 is 0 Å². The normalized spacial score (nSPS) is 11.2. The molecular formula is C20H37O2S. The van der Waals surface area contributed by atoms with E-state index >= 15 is 0 Å². The van der Waals surface area contributed by atoms with Crippen molar-refractivity contribution in [3.63, 3.8) is 0 Å². The lowest BCUT2D eigenvalue weighted by atomic mass is 10.1. The van der Waals surface area contributed by atoms with E-state index in [4.69, 9.17) is 17.4 Å². The highest BCUT2D eigenvalue weighted by Crippen LogP contribution is 2.10. The molecule has 0 aliphatic carbocycles. The highest BCUT2D eigenvalue weighted by atomic mass is 32.1. The zero-order valence-electron chi connectivity index (χ0n) is 15.2. The van der Waals surface area contributed by atoms with Crippen LogP contribution < -0.4 is 0 Å². The summed E-state index contributed by atoms with van der Waals surface area (Å²) in [6.07, 6.45) is 21.8. The lowest BCUT2D eigenvalue weighted by Gasteiger charge is -2.02. The first-order chi connectivity index (χ1) is 11.3. The number of ether oxygens (including phenoxy) is 1. The summed E-state index contributed by atoms with van der Waals surface area (Å²) in [5.41, 5.74) is 0. The Hall–Kier alpha value is -0.440. The Morgan fingerprint density at radius 1 is 0.826 bits per heavy atom. The molecular weight excluding hydrogens is 304 g/mol. The summed E-state index contributed by atoms with van der Waals surface area (Å²) >= 11 is 4.74. The average Bonchev–Trinajstić information content (AvgIpc) is 2.56. The van der Waals surface area contributed by atoms with Crippen LogP contribution in [0.25, 0.3) is 0 Å². The Morgan fingerprint density at radius 2 is 1.35 bits per heavy atom. The molecule has 0 aromatic rings. The Labute approximate surface area is 149 Å². The van der Waals surface area contributed by atoms with Crippen molar-refractivity contribution < 1.29 is 9.53 Å². The summed E-state index contributed by atoms with van der Waals surface area (Å²) in [5, 5.41) is 0. The van der Waals surface area contributed by atoms with Gasteiger partial charge in [-0.3, -0.25) is 4.79 Å². The molecule has 0 fully saturated rings. The van der Waals surface area contributed by atoms with Gasteiger partial charge in [0.05, 0.1) is 0 Å². The van der Waals surface area contributed by atoms with Crippen molar-refractivity contribution in [3.05, 3.63) is 12.2 Å². The second-order valence-electron chi connectivity index (χ2n) is 6.26. The van der Waals surface area contributed by atoms with Gasteiger partial charge < -0.3 is 4.74 Å². The quantitative estimate of drug-likeness (QED) is 0.166. The van der Waals surface area contributed by atoms with Crippen molar-refractivity contribution in [2.45, 2.75) is 96.8 Å². The van der Waals surface area contributed by atoms with Crippen LogP contribution >= 0.6 is 12.6 Å². The van der Waals surface area contributed by atoms with Gasteiger partial charge in [-0.2, -0.15) is 0 Å². The minimum atomic E-state index is -0.0903.